The molecule has 9 heteroatoms. The molecule has 1 aromatic carbocycles. The van der Waals surface area contributed by atoms with Crippen molar-refractivity contribution in [1.82, 2.24) is 10.4 Å². The summed E-state index contributed by atoms with van der Waals surface area (Å²) in [4.78, 5) is 16.6. The molecule has 0 spiro atoms. The summed E-state index contributed by atoms with van der Waals surface area (Å²) >= 11 is 4.42. The molecule has 0 saturated heterocycles. The van der Waals surface area contributed by atoms with Crippen LogP contribution in [0.5, 0.6) is 11.5 Å². The number of nitrogens with one attached hydrogen (secondary N) is 1. The molecule has 23 heavy (non-hydrogen) atoms. The molecule has 0 atom stereocenters. The summed E-state index contributed by atoms with van der Waals surface area (Å²) in [6, 6.07) is 3.27. The van der Waals surface area contributed by atoms with E-state index in [0.717, 1.165) is 11.3 Å². The molecular formula is C14H15BrN4O3S. The van der Waals surface area contributed by atoms with Gasteiger partial charge in [0.05, 0.1) is 19.0 Å². The monoisotopic (exact) mass is 398 g/mol. The van der Waals surface area contributed by atoms with Gasteiger partial charge in [-0.2, -0.15) is 5.10 Å². The lowest BCUT2D eigenvalue weighted by atomic mass is 10.2. The number of benzene rings is 1. The third-order valence-corrected chi connectivity index (χ3v) is 4.30. The van der Waals surface area contributed by atoms with Crippen LogP contribution in [0.3, 0.4) is 0 Å². The fourth-order valence-corrected chi connectivity index (χ4v) is 3.11. The Hall–Kier alpha value is -2.13. The van der Waals surface area contributed by atoms with Crippen molar-refractivity contribution in [1.29, 1.82) is 0 Å². The highest BCUT2D eigenvalue weighted by atomic mass is 79.9. The number of carbonyl (C=O) groups excluding carboxylic acids is 1. The van der Waals surface area contributed by atoms with E-state index in [1.165, 1.54) is 13.3 Å². The van der Waals surface area contributed by atoms with Crippen molar-refractivity contribution >= 4 is 44.5 Å². The molecular weight excluding hydrogens is 384 g/mol. The highest BCUT2D eigenvalue weighted by Crippen LogP contribution is 2.32. The Kier molecular flexibility index (Phi) is 5.56. The van der Waals surface area contributed by atoms with Crippen molar-refractivity contribution in [3.8, 4) is 11.5 Å². The van der Waals surface area contributed by atoms with E-state index in [1.54, 1.807) is 12.1 Å². The van der Waals surface area contributed by atoms with Gasteiger partial charge in [0.15, 0.2) is 16.6 Å². The van der Waals surface area contributed by atoms with E-state index in [0.29, 0.717) is 37.9 Å². The van der Waals surface area contributed by atoms with Gasteiger partial charge in [0, 0.05) is 10.0 Å². The first kappa shape index (κ1) is 17.2. The van der Waals surface area contributed by atoms with Crippen LogP contribution in [0.25, 0.3) is 0 Å². The molecule has 0 aliphatic heterocycles. The minimum absolute atomic E-state index is 0.0648. The Morgan fingerprint density at radius 3 is 3.00 bits per heavy atom. The van der Waals surface area contributed by atoms with E-state index in [9.17, 15) is 9.90 Å². The number of nitrogens with two attached hydrogens (primary N) is 1. The zero-order chi connectivity index (χ0) is 17.0. The van der Waals surface area contributed by atoms with Gasteiger partial charge < -0.3 is 15.6 Å². The molecule has 0 bridgehead atoms. The third-order valence-electron chi connectivity index (χ3n) is 2.91. The molecule has 1 aromatic heterocycles. The van der Waals surface area contributed by atoms with Gasteiger partial charge in [-0.25, -0.2) is 10.4 Å². The molecule has 0 saturated carbocycles. The molecule has 0 radical (unpaired) electrons. The number of phenolic OH excluding ortho intramolecular Hbond substituents is 1. The summed E-state index contributed by atoms with van der Waals surface area (Å²) in [5.41, 5.74) is 9.05. The number of methoxy groups -OCH3 is 1. The highest BCUT2D eigenvalue weighted by Gasteiger charge is 2.15. The van der Waals surface area contributed by atoms with E-state index in [2.05, 4.69) is 31.4 Å². The molecule has 0 fully saturated rings. The van der Waals surface area contributed by atoms with Crippen molar-refractivity contribution in [3.63, 3.8) is 0 Å². The normalized spacial score (nSPS) is 10.9. The Balaban J connectivity index is 2.16. The molecule has 1 amide bonds. The van der Waals surface area contributed by atoms with Crippen LogP contribution in [0.1, 0.15) is 27.9 Å². The number of hydrogen-bond donors (Lipinski definition) is 3. The maximum Gasteiger partial charge on any atom is 0.283 e. The van der Waals surface area contributed by atoms with Crippen LogP contribution >= 0.6 is 27.3 Å². The van der Waals surface area contributed by atoms with Gasteiger partial charge in [-0.1, -0.05) is 34.2 Å². The fourth-order valence-electron chi connectivity index (χ4n) is 1.85. The summed E-state index contributed by atoms with van der Waals surface area (Å²) < 4.78 is 5.76. The zero-order valence-electron chi connectivity index (χ0n) is 12.5. The number of anilines is 1. The van der Waals surface area contributed by atoms with Gasteiger partial charge in [0.25, 0.3) is 5.91 Å². The van der Waals surface area contributed by atoms with Crippen LogP contribution in [-0.4, -0.2) is 29.3 Å². The standard InChI is InChI=1S/C14H15BrN4O3S/c1-3-9-12(23-14(16)18-9)13(21)19-17-6-7-4-8(15)5-10(22-2)11(7)20/h4-6,20H,3H2,1-2H3,(H2,16,18)(H,19,21). The maximum atomic E-state index is 12.1. The van der Waals surface area contributed by atoms with Crippen molar-refractivity contribution in [2.45, 2.75) is 13.3 Å². The highest BCUT2D eigenvalue weighted by molar-refractivity contribution is 9.10. The number of ether oxygens (including phenoxy) is 1. The number of aromatic nitrogens is 1. The molecule has 7 nitrogen and oxygen atoms in total. The van der Waals surface area contributed by atoms with Gasteiger partial charge in [0.2, 0.25) is 0 Å². The number of hydrogen-bond acceptors (Lipinski definition) is 7. The van der Waals surface area contributed by atoms with Crippen LogP contribution in [0.2, 0.25) is 0 Å². The number of aromatic hydroxyl groups is 1. The first-order valence-corrected chi connectivity index (χ1v) is 8.22. The second-order valence-electron chi connectivity index (χ2n) is 4.43. The summed E-state index contributed by atoms with van der Waals surface area (Å²) in [6.07, 6.45) is 1.93. The van der Waals surface area contributed by atoms with E-state index < -0.39 is 5.91 Å². The number of rotatable bonds is 5. The van der Waals surface area contributed by atoms with Crippen molar-refractivity contribution < 1.29 is 14.6 Å². The number of carbonyl (C=O) groups is 1. The van der Waals surface area contributed by atoms with Crippen molar-refractivity contribution in [3.05, 3.63) is 32.7 Å². The lowest BCUT2D eigenvalue weighted by Gasteiger charge is -2.06. The van der Waals surface area contributed by atoms with Crippen LogP contribution in [0.15, 0.2) is 21.7 Å². The molecule has 0 aliphatic carbocycles. The van der Waals surface area contributed by atoms with Gasteiger partial charge in [-0.15, -0.1) is 0 Å². The van der Waals surface area contributed by atoms with Crippen LogP contribution in [-0.2, 0) is 6.42 Å². The lowest BCUT2D eigenvalue weighted by molar-refractivity contribution is 0.0958. The average molecular weight is 399 g/mol. The molecule has 0 aliphatic rings. The van der Waals surface area contributed by atoms with E-state index in [4.69, 9.17) is 10.5 Å². The number of hydrazone groups is 1. The molecule has 122 valence electrons. The predicted molar refractivity (Wildman–Crippen MR) is 93.3 cm³/mol. The van der Waals surface area contributed by atoms with Gasteiger partial charge >= 0.3 is 0 Å². The minimum Gasteiger partial charge on any atom is -0.504 e. The summed E-state index contributed by atoms with van der Waals surface area (Å²) in [7, 11) is 1.45. The largest absolute Gasteiger partial charge is 0.504 e. The first-order chi connectivity index (χ1) is 11.0. The average Bonchev–Trinajstić information content (AvgIpc) is 2.91. The number of nitrogens with zero attached hydrogens (tertiary/aromatic N) is 2. The lowest BCUT2D eigenvalue weighted by Crippen LogP contribution is -2.17. The van der Waals surface area contributed by atoms with Gasteiger partial charge in [-0.05, 0) is 18.6 Å². The molecule has 1 heterocycles. The minimum atomic E-state index is -0.395. The summed E-state index contributed by atoms with van der Waals surface area (Å²) in [5, 5.41) is 14.2. The smallest absolute Gasteiger partial charge is 0.283 e. The Morgan fingerprint density at radius 2 is 2.35 bits per heavy atom. The third kappa shape index (κ3) is 3.99. The Labute approximate surface area is 145 Å². The topological polar surface area (TPSA) is 110 Å². The number of amides is 1. The van der Waals surface area contributed by atoms with E-state index >= 15 is 0 Å². The molecule has 4 N–H and O–H groups in total. The number of aryl methyl sites for hydroxylation is 1. The fraction of sp³-hybridized carbons (Fsp3) is 0.214. The Bertz CT molecular complexity index is 761. The first-order valence-electron chi connectivity index (χ1n) is 6.61. The van der Waals surface area contributed by atoms with Crippen LogP contribution in [0, 0.1) is 0 Å². The number of phenols is 1. The van der Waals surface area contributed by atoms with Crippen molar-refractivity contribution in [2.75, 3.05) is 12.8 Å². The zero-order valence-corrected chi connectivity index (χ0v) is 14.9. The SMILES string of the molecule is CCc1nc(N)sc1C(=O)NN=Cc1cc(Br)cc(OC)c1O. The summed E-state index contributed by atoms with van der Waals surface area (Å²) in [6.45, 7) is 1.89. The number of thiazole rings is 1. The number of halogens is 1. The second kappa shape index (κ2) is 7.42. The van der Waals surface area contributed by atoms with Crippen LogP contribution in [0.4, 0.5) is 5.13 Å². The maximum absolute atomic E-state index is 12.1. The van der Waals surface area contributed by atoms with Gasteiger partial charge in [0.1, 0.15) is 4.88 Å². The summed E-state index contributed by atoms with van der Waals surface area (Å²) in [5.74, 6) is -0.158. The molecule has 2 rings (SSSR count). The molecule has 2 aromatic rings. The van der Waals surface area contributed by atoms with Gasteiger partial charge in [-0.3, -0.25) is 4.79 Å². The quantitative estimate of drug-likeness (QED) is 0.529. The second-order valence-corrected chi connectivity index (χ2v) is 6.37. The predicted octanol–water partition coefficient (Wildman–Crippen LogP) is 2.53. The van der Waals surface area contributed by atoms with Crippen molar-refractivity contribution in [2.24, 2.45) is 5.10 Å². The Morgan fingerprint density at radius 1 is 1.61 bits per heavy atom. The number of nitrogen functional groups attached to an aromatic ring is 1. The van der Waals surface area contributed by atoms with E-state index in [1.807, 2.05) is 6.92 Å². The van der Waals surface area contributed by atoms with Crippen LogP contribution < -0.4 is 15.9 Å². The van der Waals surface area contributed by atoms with E-state index in [-0.39, 0.29) is 5.75 Å². The molecule has 0 unspecified atom stereocenters.